The molecular weight excluding hydrogens is 521 g/mol. The van der Waals surface area contributed by atoms with Crippen LogP contribution in [0.5, 0.6) is 0 Å². The van der Waals surface area contributed by atoms with Crippen molar-refractivity contribution in [3.05, 3.63) is 70.4 Å². The number of ether oxygens (including phenoxy) is 1. The van der Waals surface area contributed by atoms with Crippen molar-refractivity contribution >= 4 is 27.8 Å². The molecule has 0 saturated heterocycles. The second-order valence-corrected chi connectivity index (χ2v) is 11.4. The van der Waals surface area contributed by atoms with Crippen LogP contribution in [-0.2, 0) is 20.8 Å². The number of carbonyl (C=O) groups excluding carboxylic acids is 1. The fourth-order valence-corrected chi connectivity index (χ4v) is 4.46. The number of carbonyl (C=O) groups is 1. The average Bonchev–Trinajstić information content (AvgIpc) is 2.78. The van der Waals surface area contributed by atoms with Gasteiger partial charge in [-0.1, -0.05) is 12.1 Å². The third kappa shape index (κ3) is 8.34. The summed E-state index contributed by atoms with van der Waals surface area (Å²) < 4.78 is 70.4. The highest BCUT2D eigenvalue weighted by Crippen LogP contribution is 2.33. The number of hydrogen-bond acceptors (Lipinski definition) is 7. The third-order valence-electron chi connectivity index (χ3n) is 5.05. The van der Waals surface area contributed by atoms with Crippen molar-refractivity contribution in [2.45, 2.75) is 50.4 Å². The zero-order valence-corrected chi connectivity index (χ0v) is 22.6. The van der Waals surface area contributed by atoms with E-state index in [0.717, 1.165) is 18.4 Å². The van der Waals surface area contributed by atoms with Gasteiger partial charge in [-0.15, -0.1) is 0 Å². The number of alkyl carbamates (subject to hydrolysis) is 1. The van der Waals surface area contributed by atoms with Gasteiger partial charge in [0.15, 0.2) is 9.84 Å². The van der Waals surface area contributed by atoms with Crippen LogP contribution in [0.2, 0.25) is 0 Å². The van der Waals surface area contributed by atoms with Crippen molar-refractivity contribution in [3.63, 3.8) is 0 Å². The predicted octanol–water partition coefficient (Wildman–Crippen LogP) is 5.63. The molecule has 0 unspecified atom stereocenters. The molecule has 1 atom stereocenters. The zero-order valence-electron chi connectivity index (χ0n) is 21.8. The molecule has 8 nitrogen and oxygen atoms in total. The maximum absolute atomic E-state index is 13.2. The largest absolute Gasteiger partial charge is 0.444 e. The molecular formula is C26H29F3N4O4S. The number of amides is 1. The Bertz CT molecular complexity index is 1400. The first kappa shape index (κ1) is 30.4. The highest BCUT2D eigenvalue weighted by molar-refractivity contribution is 7.90. The molecule has 0 aliphatic rings. The highest BCUT2D eigenvalue weighted by atomic mass is 32.2. The van der Waals surface area contributed by atoms with Crippen LogP contribution >= 0.6 is 0 Å². The van der Waals surface area contributed by atoms with Crippen molar-refractivity contribution in [2.24, 2.45) is 4.99 Å². The zero-order chi connectivity index (χ0) is 28.9. The van der Waals surface area contributed by atoms with E-state index in [1.165, 1.54) is 43.6 Å². The highest BCUT2D eigenvalue weighted by Gasteiger charge is 2.31. The molecule has 2 aromatic carbocycles. The fourth-order valence-electron chi connectivity index (χ4n) is 3.50. The minimum atomic E-state index is -4.56. The molecule has 2 aromatic rings. The monoisotopic (exact) mass is 550 g/mol. The van der Waals surface area contributed by atoms with Crippen LogP contribution in [0.3, 0.4) is 0 Å². The SMILES string of the molecule is CN=C/C(=C(\C)Nc1cccc(C(F)(F)F)c1)[C@H](NC(=O)OC(C)(C)C)c1ccc(C#N)cc1S(C)(=O)=O. The summed E-state index contributed by atoms with van der Waals surface area (Å²) in [6, 6.07) is 9.20. The minimum Gasteiger partial charge on any atom is -0.444 e. The lowest BCUT2D eigenvalue weighted by Gasteiger charge is -2.27. The van der Waals surface area contributed by atoms with Crippen LogP contribution in [0.25, 0.3) is 0 Å². The molecule has 0 aliphatic heterocycles. The molecule has 1 amide bonds. The normalized spacial score (nSPS) is 13.9. The van der Waals surface area contributed by atoms with Crippen LogP contribution in [0.4, 0.5) is 23.7 Å². The lowest BCUT2D eigenvalue weighted by atomic mass is 9.96. The van der Waals surface area contributed by atoms with Crippen LogP contribution in [0, 0.1) is 11.3 Å². The molecule has 0 aliphatic carbocycles. The third-order valence-corrected chi connectivity index (χ3v) is 6.20. The van der Waals surface area contributed by atoms with E-state index in [4.69, 9.17) is 4.74 Å². The Balaban J connectivity index is 2.76. The van der Waals surface area contributed by atoms with E-state index in [0.29, 0.717) is 0 Å². The van der Waals surface area contributed by atoms with Gasteiger partial charge in [-0.3, -0.25) is 4.99 Å². The molecule has 0 heterocycles. The number of aliphatic imine (C=N–C) groups is 1. The van der Waals surface area contributed by atoms with Gasteiger partial charge < -0.3 is 15.4 Å². The number of nitrogens with one attached hydrogen (secondary N) is 2. The average molecular weight is 551 g/mol. The summed E-state index contributed by atoms with van der Waals surface area (Å²) in [5, 5.41) is 14.8. The second kappa shape index (κ2) is 11.7. The second-order valence-electron chi connectivity index (χ2n) is 9.39. The summed E-state index contributed by atoms with van der Waals surface area (Å²) in [5.74, 6) is 0. The van der Waals surface area contributed by atoms with E-state index < -0.39 is 39.3 Å². The Morgan fingerprint density at radius 2 is 1.82 bits per heavy atom. The van der Waals surface area contributed by atoms with Crippen molar-refractivity contribution < 1.29 is 31.1 Å². The Hall–Kier alpha value is -3.85. The van der Waals surface area contributed by atoms with Crippen molar-refractivity contribution in [1.82, 2.24) is 5.32 Å². The summed E-state index contributed by atoms with van der Waals surface area (Å²) in [4.78, 5) is 16.6. The number of nitriles is 1. The Morgan fingerprint density at radius 1 is 1.16 bits per heavy atom. The lowest BCUT2D eigenvalue weighted by Crippen LogP contribution is -2.37. The molecule has 0 radical (unpaired) electrons. The molecule has 204 valence electrons. The van der Waals surface area contributed by atoms with E-state index in [-0.39, 0.29) is 33.0 Å². The summed E-state index contributed by atoms with van der Waals surface area (Å²) >= 11 is 0. The van der Waals surface area contributed by atoms with Gasteiger partial charge in [0.2, 0.25) is 0 Å². The summed E-state index contributed by atoms with van der Waals surface area (Å²) in [7, 11) is -2.45. The van der Waals surface area contributed by atoms with Crippen LogP contribution in [0.1, 0.15) is 50.4 Å². The number of benzene rings is 2. The Morgan fingerprint density at radius 3 is 2.34 bits per heavy atom. The summed E-state index contributed by atoms with van der Waals surface area (Å²) in [6.07, 6.45) is -3.12. The lowest BCUT2D eigenvalue weighted by molar-refractivity contribution is -0.137. The number of hydrogen-bond donors (Lipinski definition) is 2. The number of allylic oxidation sites excluding steroid dienone is 1. The van der Waals surface area contributed by atoms with Crippen LogP contribution < -0.4 is 10.6 Å². The van der Waals surface area contributed by atoms with E-state index in [9.17, 15) is 31.6 Å². The molecule has 0 spiro atoms. The maximum Gasteiger partial charge on any atom is 0.416 e. The standard InChI is InChI=1S/C26H29F3N4O4S/c1-16(32-19-9-7-8-18(13-19)26(27,28)29)21(15-31-5)23(33-24(34)37-25(2,3)4)20-11-10-17(14-30)12-22(20)38(6,35)36/h7-13,15,23,32H,1-6H3,(H,33,34)/b21-16-,31-15?/t23-/m1/s1. The van der Waals surface area contributed by atoms with E-state index in [1.54, 1.807) is 27.7 Å². The number of anilines is 1. The van der Waals surface area contributed by atoms with Gasteiger partial charge in [-0.2, -0.15) is 18.4 Å². The molecule has 2 N–H and O–H groups in total. The van der Waals surface area contributed by atoms with Crippen molar-refractivity contribution in [2.75, 3.05) is 18.6 Å². The Kier molecular flexibility index (Phi) is 9.34. The van der Waals surface area contributed by atoms with Gasteiger partial charge in [0.25, 0.3) is 0 Å². The quantitative estimate of drug-likeness (QED) is 0.431. The van der Waals surface area contributed by atoms with Crippen molar-refractivity contribution in [1.29, 1.82) is 5.26 Å². The summed E-state index contributed by atoms with van der Waals surface area (Å²) in [5.41, 5.74) is -0.928. The van der Waals surface area contributed by atoms with Gasteiger partial charge >= 0.3 is 12.3 Å². The Labute approximate surface area is 220 Å². The number of nitrogens with zero attached hydrogens (tertiary/aromatic N) is 2. The van der Waals surface area contributed by atoms with Gasteiger partial charge in [0.1, 0.15) is 5.60 Å². The van der Waals surface area contributed by atoms with Crippen LogP contribution in [0.15, 0.2) is 63.6 Å². The van der Waals surface area contributed by atoms with Gasteiger partial charge in [0.05, 0.1) is 28.1 Å². The number of sulfone groups is 1. The molecule has 0 bridgehead atoms. The van der Waals surface area contributed by atoms with E-state index in [1.807, 2.05) is 6.07 Å². The first-order valence-electron chi connectivity index (χ1n) is 11.3. The van der Waals surface area contributed by atoms with Gasteiger partial charge in [-0.05, 0) is 63.6 Å². The van der Waals surface area contributed by atoms with E-state index in [2.05, 4.69) is 15.6 Å². The van der Waals surface area contributed by atoms with Gasteiger partial charge in [-0.25, -0.2) is 13.2 Å². The molecule has 12 heteroatoms. The molecule has 0 fully saturated rings. The summed E-state index contributed by atoms with van der Waals surface area (Å²) in [6.45, 7) is 6.49. The first-order valence-corrected chi connectivity index (χ1v) is 13.2. The van der Waals surface area contributed by atoms with E-state index >= 15 is 0 Å². The molecule has 0 aromatic heterocycles. The minimum absolute atomic E-state index is 0.0821. The first-order chi connectivity index (χ1) is 17.5. The van der Waals surface area contributed by atoms with Gasteiger partial charge in [0, 0.05) is 36.5 Å². The topological polar surface area (TPSA) is 121 Å². The fraction of sp³-hybridized carbons (Fsp3) is 0.346. The number of halogens is 3. The number of alkyl halides is 3. The number of rotatable bonds is 7. The van der Waals surface area contributed by atoms with Crippen molar-refractivity contribution in [3.8, 4) is 6.07 Å². The molecule has 38 heavy (non-hydrogen) atoms. The maximum atomic E-state index is 13.2. The predicted molar refractivity (Wildman–Crippen MR) is 139 cm³/mol. The van der Waals surface area contributed by atoms with Crippen LogP contribution in [-0.4, -0.2) is 39.6 Å². The molecule has 2 rings (SSSR count). The molecule has 0 saturated carbocycles. The smallest absolute Gasteiger partial charge is 0.416 e.